The number of hydrogen-bond donors (Lipinski definition) is 0. The van der Waals surface area contributed by atoms with Crippen molar-refractivity contribution in [3.8, 4) is 0 Å². The molecule has 8 nitrogen and oxygen atoms in total. The molecule has 0 radical (unpaired) electrons. The normalized spacial score (nSPS) is 11.1. The van der Waals surface area contributed by atoms with Crippen molar-refractivity contribution in [3.05, 3.63) is 32.3 Å². The minimum absolute atomic E-state index is 0.0331. The third kappa shape index (κ3) is 6.09. The lowest BCUT2D eigenvalue weighted by Crippen LogP contribution is -2.41. The van der Waals surface area contributed by atoms with Gasteiger partial charge in [0.25, 0.3) is 5.69 Å². The zero-order valence-electron chi connectivity index (χ0n) is 14.8. The molecule has 0 aliphatic rings. The largest absolute Gasteiger partial charge is 0.443 e. The van der Waals surface area contributed by atoms with Gasteiger partial charge >= 0.3 is 6.09 Å². The lowest BCUT2D eigenvalue weighted by molar-refractivity contribution is -0.384. The van der Waals surface area contributed by atoms with Crippen molar-refractivity contribution in [2.75, 3.05) is 25.2 Å². The summed E-state index contributed by atoms with van der Waals surface area (Å²) in [5.41, 5.74) is -0.530. The first-order valence-electron chi connectivity index (χ1n) is 7.42. The molecule has 0 saturated carbocycles. The maximum absolute atomic E-state index is 12.6. The average molecular weight is 417 g/mol. The molecule has 1 rings (SSSR count). The Hall–Kier alpha value is -2.00. The van der Waals surface area contributed by atoms with Crippen molar-refractivity contribution in [3.63, 3.8) is 0 Å². The topological polar surface area (TPSA) is 99.0 Å². The number of carbonyl (C=O) groups is 2. The Morgan fingerprint density at radius 2 is 1.92 bits per heavy atom. The van der Waals surface area contributed by atoms with E-state index in [0.29, 0.717) is 10.0 Å². The van der Waals surface area contributed by atoms with Gasteiger partial charge in [0.15, 0.2) is 5.78 Å². The third-order valence-corrected chi connectivity index (χ3v) is 3.51. The van der Waals surface area contributed by atoms with Gasteiger partial charge in [-0.1, -0.05) is 0 Å². The number of anilines is 1. The summed E-state index contributed by atoms with van der Waals surface area (Å²) in [7, 11) is 1.35. The fraction of sp³-hybridized carbons (Fsp3) is 0.500. The van der Waals surface area contributed by atoms with Crippen LogP contribution in [0.3, 0.4) is 0 Å². The van der Waals surface area contributed by atoms with E-state index in [-0.39, 0.29) is 18.0 Å². The standard InChI is InChI=1S/C16H21BrN2O6/c1-10-6-12(17)14(13(7-10)19(22)23)18(8-11(20)9-24-5)15(21)25-16(2,3)4/h6-7H,8-9H2,1-5H3. The average Bonchev–Trinajstić information content (AvgIpc) is 2.43. The molecule has 0 atom stereocenters. The zero-order valence-corrected chi connectivity index (χ0v) is 16.4. The molecular formula is C16H21BrN2O6. The number of hydrogen-bond acceptors (Lipinski definition) is 6. The van der Waals surface area contributed by atoms with Crippen LogP contribution in [0, 0.1) is 17.0 Å². The zero-order chi connectivity index (χ0) is 19.4. The summed E-state index contributed by atoms with van der Waals surface area (Å²) in [5.74, 6) is -0.421. The van der Waals surface area contributed by atoms with Crippen LogP contribution in [0.25, 0.3) is 0 Å². The van der Waals surface area contributed by atoms with E-state index < -0.39 is 28.9 Å². The molecular weight excluding hydrogens is 396 g/mol. The first kappa shape index (κ1) is 21.0. The van der Waals surface area contributed by atoms with Gasteiger partial charge in [0, 0.05) is 17.6 Å². The highest BCUT2D eigenvalue weighted by Crippen LogP contribution is 2.37. The Balaban J connectivity index is 3.44. The molecule has 9 heteroatoms. The molecule has 0 unspecified atom stereocenters. The van der Waals surface area contributed by atoms with Crippen molar-refractivity contribution in [2.45, 2.75) is 33.3 Å². The van der Waals surface area contributed by atoms with Gasteiger partial charge < -0.3 is 9.47 Å². The van der Waals surface area contributed by atoms with Crippen molar-refractivity contribution < 1.29 is 24.0 Å². The summed E-state index contributed by atoms with van der Waals surface area (Å²) in [5, 5.41) is 11.4. The number of nitro groups is 1. The Kier molecular flexibility index (Phi) is 7.06. The molecule has 0 spiro atoms. The smallest absolute Gasteiger partial charge is 0.415 e. The number of rotatable bonds is 6. The number of nitro benzene ring substituents is 1. The van der Waals surface area contributed by atoms with Gasteiger partial charge in [-0.15, -0.1) is 0 Å². The number of halogens is 1. The summed E-state index contributed by atoms with van der Waals surface area (Å²) in [6.07, 6.45) is -0.857. The van der Waals surface area contributed by atoms with Crippen LogP contribution in [0.15, 0.2) is 16.6 Å². The van der Waals surface area contributed by atoms with Crippen molar-refractivity contribution in [1.82, 2.24) is 0 Å². The number of carbonyl (C=O) groups excluding carboxylic acids is 2. The first-order valence-corrected chi connectivity index (χ1v) is 8.21. The van der Waals surface area contributed by atoms with Gasteiger partial charge in [0.1, 0.15) is 17.9 Å². The van der Waals surface area contributed by atoms with Crippen molar-refractivity contribution in [1.29, 1.82) is 0 Å². The molecule has 0 aliphatic carbocycles. The van der Waals surface area contributed by atoms with E-state index in [4.69, 9.17) is 9.47 Å². The van der Waals surface area contributed by atoms with Crippen LogP contribution in [0.4, 0.5) is 16.2 Å². The number of ether oxygens (including phenoxy) is 2. The maximum Gasteiger partial charge on any atom is 0.415 e. The monoisotopic (exact) mass is 416 g/mol. The van der Waals surface area contributed by atoms with Crippen LogP contribution < -0.4 is 4.90 Å². The van der Waals surface area contributed by atoms with Crippen LogP contribution in [0.1, 0.15) is 26.3 Å². The molecule has 1 aromatic rings. The van der Waals surface area contributed by atoms with E-state index in [2.05, 4.69) is 15.9 Å². The molecule has 1 amide bonds. The Bertz CT molecular complexity index is 684. The van der Waals surface area contributed by atoms with E-state index in [0.717, 1.165) is 4.90 Å². The highest BCUT2D eigenvalue weighted by molar-refractivity contribution is 9.10. The SMILES string of the molecule is COCC(=O)CN(C(=O)OC(C)(C)C)c1c(Br)cc(C)cc1[N+](=O)[O-]. The second kappa shape index (κ2) is 8.39. The van der Waals surface area contributed by atoms with Crippen LogP contribution in [-0.2, 0) is 14.3 Å². The molecule has 0 heterocycles. The van der Waals surface area contributed by atoms with Gasteiger partial charge in [0.2, 0.25) is 0 Å². The van der Waals surface area contributed by atoms with Gasteiger partial charge in [-0.3, -0.25) is 19.8 Å². The first-order chi connectivity index (χ1) is 11.5. The van der Waals surface area contributed by atoms with E-state index in [1.165, 1.54) is 13.2 Å². The van der Waals surface area contributed by atoms with E-state index >= 15 is 0 Å². The maximum atomic E-state index is 12.6. The second-order valence-electron chi connectivity index (χ2n) is 6.41. The summed E-state index contributed by atoms with van der Waals surface area (Å²) in [6, 6.07) is 2.96. The minimum Gasteiger partial charge on any atom is -0.443 e. The summed E-state index contributed by atoms with van der Waals surface area (Å²) >= 11 is 3.25. The number of ketones is 1. The number of Topliss-reactive ketones (excluding diaryl/α,β-unsaturated/α-hetero) is 1. The Labute approximate surface area is 154 Å². The molecule has 0 N–H and O–H groups in total. The van der Waals surface area contributed by atoms with E-state index in [9.17, 15) is 19.7 Å². The third-order valence-electron chi connectivity index (χ3n) is 2.91. The fourth-order valence-electron chi connectivity index (χ4n) is 2.06. The van der Waals surface area contributed by atoms with E-state index in [1.807, 2.05) is 0 Å². The number of methoxy groups -OCH3 is 1. The van der Waals surface area contributed by atoms with Gasteiger partial charge in [0.05, 0.1) is 11.5 Å². The molecule has 0 saturated heterocycles. The van der Waals surface area contributed by atoms with Crippen LogP contribution >= 0.6 is 15.9 Å². The number of nitrogens with zero attached hydrogens (tertiary/aromatic N) is 2. The number of amides is 1. The van der Waals surface area contributed by atoms with Crippen molar-refractivity contribution in [2.24, 2.45) is 0 Å². The van der Waals surface area contributed by atoms with Gasteiger partial charge in [-0.2, -0.15) is 0 Å². The lowest BCUT2D eigenvalue weighted by atomic mass is 10.1. The predicted molar refractivity (Wildman–Crippen MR) is 96.0 cm³/mol. The molecule has 25 heavy (non-hydrogen) atoms. The van der Waals surface area contributed by atoms with E-state index in [1.54, 1.807) is 33.8 Å². The summed E-state index contributed by atoms with van der Waals surface area (Å²) in [4.78, 5) is 36.4. The number of aryl methyl sites for hydroxylation is 1. The quantitative estimate of drug-likeness (QED) is 0.518. The molecule has 138 valence electrons. The van der Waals surface area contributed by atoms with Gasteiger partial charge in [-0.25, -0.2) is 4.79 Å². The summed E-state index contributed by atoms with van der Waals surface area (Å²) in [6.45, 7) is 6.05. The summed E-state index contributed by atoms with van der Waals surface area (Å²) < 4.78 is 10.4. The fourth-order valence-corrected chi connectivity index (χ4v) is 2.84. The molecule has 0 aliphatic heterocycles. The highest BCUT2D eigenvalue weighted by atomic mass is 79.9. The molecule has 0 aromatic heterocycles. The molecule has 0 fully saturated rings. The number of benzene rings is 1. The molecule has 0 bridgehead atoms. The van der Waals surface area contributed by atoms with Crippen LogP contribution in [0.2, 0.25) is 0 Å². The predicted octanol–water partition coefficient (Wildman–Crippen LogP) is 3.62. The Morgan fingerprint density at radius 1 is 1.32 bits per heavy atom. The van der Waals surface area contributed by atoms with Crippen LogP contribution in [-0.4, -0.2) is 42.7 Å². The minimum atomic E-state index is -0.857. The van der Waals surface area contributed by atoms with Crippen molar-refractivity contribution >= 4 is 39.2 Å². The molecule has 1 aromatic carbocycles. The lowest BCUT2D eigenvalue weighted by Gasteiger charge is -2.27. The Morgan fingerprint density at radius 3 is 2.40 bits per heavy atom. The second-order valence-corrected chi connectivity index (χ2v) is 7.26. The van der Waals surface area contributed by atoms with Gasteiger partial charge in [-0.05, 0) is 55.3 Å². The van der Waals surface area contributed by atoms with Crippen LogP contribution in [0.5, 0.6) is 0 Å². The highest BCUT2D eigenvalue weighted by Gasteiger charge is 2.32.